The molecule has 3 unspecified atom stereocenters. The zero-order chi connectivity index (χ0) is 16.9. The van der Waals surface area contributed by atoms with E-state index in [4.69, 9.17) is 0 Å². The molecule has 2 aliphatic rings. The van der Waals surface area contributed by atoms with Crippen molar-refractivity contribution in [3.05, 3.63) is 23.9 Å². The standard InChI is InChI=1S/C17H24N4O2/c1-10(18-5)14(22)19-13-11(2)20-8-6-7-12-15(20)21(16(13)23)9-17(12,3)4/h6-8,10-11,13,18H,9H2,1-5H3/p+1. The molecule has 3 heterocycles. The lowest BCUT2D eigenvalue weighted by Gasteiger charge is -2.31. The van der Waals surface area contributed by atoms with Crippen molar-refractivity contribution < 1.29 is 14.2 Å². The van der Waals surface area contributed by atoms with Gasteiger partial charge in [-0.05, 0) is 33.0 Å². The van der Waals surface area contributed by atoms with Crippen LogP contribution < -0.4 is 20.1 Å². The molecular weight excluding hydrogens is 292 g/mol. The van der Waals surface area contributed by atoms with Crippen LogP contribution in [0.1, 0.15) is 39.3 Å². The summed E-state index contributed by atoms with van der Waals surface area (Å²) in [7, 11) is 1.73. The quantitative estimate of drug-likeness (QED) is 0.786. The van der Waals surface area contributed by atoms with Gasteiger partial charge in [-0.2, -0.15) is 4.90 Å². The van der Waals surface area contributed by atoms with Gasteiger partial charge in [-0.25, -0.2) is 9.36 Å². The van der Waals surface area contributed by atoms with Crippen LogP contribution in [0.15, 0.2) is 18.3 Å². The first-order chi connectivity index (χ1) is 10.8. The number of hydrogen-bond donors (Lipinski definition) is 2. The smallest absolute Gasteiger partial charge is 0.336 e. The van der Waals surface area contributed by atoms with E-state index in [2.05, 4.69) is 35.1 Å². The molecule has 0 fully saturated rings. The van der Waals surface area contributed by atoms with Crippen molar-refractivity contribution in [3.8, 4) is 0 Å². The first-order valence-electron chi connectivity index (χ1n) is 8.11. The molecule has 2 aliphatic heterocycles. The van der Waals surface area contributed by atoms with Crippen LogP contribution in [0.2, 0.25) is 0 Å². The Morgan fingerprint density at radius 2 is 2.17 bits per heavy atom. The lowest BCUT2D eigenvalue weighted by molar-refractivity contribution is -0.710. The fourth-order valence-corrected chi connectivity index (χ4v) is 3.52. The number of carbonyl (C=O) groups is 2. The molecule has 0 radical (unpaired) electrons. The van der Waals surface area contributed by atoms with Gasteiger partial charge in [-0.15, -0.1) is 0 Å². The first kappa shape index (κ1) is 15.9. The van der Waals surface area contributed by atoms with Crippen molar-refractivity contribution in [2.45, 2.75) is 51.2 Å². The van der Waals surface area contributed by atoms with Gasteiger partial charge in [0.15, 0.2) is 6.04 Å². The number of nitrogens with zero attached hydrogens (tertiary/aromatic N) is 2. The molecule has 0 aliphatic carbocycles. The summed E-state index contributed by atoms with van der Waals surface area (Å²) in [5.74, 6) is 0.797. The molecule has 6 heteroatoms. The minimum absolute atomic E-state index is 0.0211. The number of rotatable bonds is 3. The van der Waals surface area contributed by atoms with Crippen LogP contribution in [-0.4, -0.2) is 37.5 Å². The zero-order valence-electron chi connectivity index (χ0n) is 14.4. The van der Waals surface area contributed by atoms with Crippen LogP contribution in [0.25, 0.3) is 0 Å². The Hall–Kier alpha value is -1.95. The van der Waals surface area contributed by atoms with Gasteiger partial charge < -0.3 is 10.6 Å². The van der Waals surface area contributed by atoms with Crippen molar-refractivity contribution >= 4 is 17.6 Å². The third-order valence-electron chi connectivity index (χ3n) is 5.11. The summed E-state index contributed by atoms with van der Waals surface area (Å²) in [6.45, 7) is 8.71. The van der Waals surface area contributed by atoms with Crippen molar-refractivity contribution in [2.75, 3.05) is 18.5 Å². The number of nitrogens with one attached hydrogen (secondary N) is 2. The van der Waals surface area contributed by atoms with Gasteiger partial charge in [0, 0.05) is 5.41 Å². The molecule has 6 nitrogen and oxygen atoms in total. The van der Waals surface area contributed by atoms with Crippen LogP contribution in [0.3, 0.4) is 0 Å². The van der Waals surface area contributed by atoms with Crippen LogP contribution >= 0.6 is 0 Å². The maximum absolute atomic E-state index is 13.0. The fourth-order valence-electron chi connectivity index (χ4n) is 3.52. The molecule has 0 spiro atoms. The van der Waals surface area contributed by atoms with Crippen molar-refractivity contribution in [1.82, 2.24) is 10.6 Å². The highest BCUT2D eigenvalue weighted by atomic mass is 16.2. The minimum atomic E-state index is -0.542. The van der Waals surface area contributed by atoms with Crippen LogP contribution in [0.4, 0.5) is 5.82 Å². The van der Waals surface area contributed by atoms with E-state index in [1.54, 1.807) is 14.0 Å². The maximum Gasteiger partial charge on any atom is 0.336 e. The lowest BCUT2D eigenvalue weighted by Crippen LogP contribution is -2.65. The second kappa shape index (κ2) is 5.30. The maximum atomic E-state index is 13.0. The number of aromatic nitrogens is 1. The predicted octanol–water partition coefficient (Wildman–Crippen LogP) is 0.266. The molecule has 0 saturated carbocycles. The lowest BCUT2D eigenvalue weighted by atomic mass is 9.88. The van der Waals surface area contributed by atoms with Crippen LogP contribution in [0.5, 0.6) is 0 Å². The Bertz CT molecular complexity index is 671. The summed E-state index contributed by atoms with van der Waals surface area (Å²) in [5, 5.41) is 5.82. The number of hydrogen-bond acceptors (Lipinski definition) is 3. The molecule has 0 aromatic carbocycles. The van der Waals surface area contributed by atoms with Gasteiger partial charge in [0.05, 0.1) is 17.8 Å². The molecule has 0 saturated heterocycles. The highest BCUT2D eigenvalue weighted by Crippen LogP contribution is 2.40. The van der Waals surface area contributed by atoms with E-state index in [1.807, 2.05) is 24.1 Å². The number of pyridine rings is 1. The summed E-state index contributed by atoms with van der Waals surface area (Å²) in [6.07, 6.45) is 1.99. The summed E-state index contributed by atoms with van der Waals surface area (Å²) in [4.78, 5) is 27.0. The van der Waals surface area contributed by atoms with Gasteiger partial charge >= 0.3 is 5.91 Å². The van der Waals surface area contributed by atoms with E-state index < -0.39 is 6.04 Å². The average molecular weight is 317 g/mol. The first-order valence-corrected chi connectivity index (χ1v) is 8.11. The molecule has 23 heavy (non-hydrogen) atoms. The summed E-state index contributed by atoms with van der Waals surface area (Å²) in [5.41, 5.74) is 1.11. The summed E-state index contributed by atoms with van der Waals surface area (Å²) in [6, 6.07) is 3.12. The van der Waals surface area contributed by atoms with Crippen LogP contribution in [-0.2, 0) is 15.0 Å². The third kappa shape index (κ3) is 2.32. The van der Waals surface area contributed by atoms with E-state index in [9.17, 15) is 9.59 Å². The molecule has 2 amide bonds. The highest BCUT2D eigenvalue weighted by molar-refractivity contribution is 6.01. The van der Waals surface area contributed by atoms with Crippen molar-refractivity contribution in [1.29, 1.82) is 0 Å². The van der Waals surface area contributed by atoms with Crippen molar-refractivity contribution in [3.63, 3.8) is 0 Å². The minimum Gasteiger partial charge on any atom is -0.337 e. The Morgan fingerprint density at radius 3 is 2.83 bits per heavy atom. The molecule has 3 rings (SSSR count). The Kier molecular flexibility index (Phi) is 3.67. The van der Waals surface area contributed by atoms with E-state index in [1.165, 1.54) is 5.56 Å². The van der Waals surface area contributed by atoms with Gasteiger partial charge in [0.1, 0.15) is 12.6 Å². The normalized spacial score (nSPS) is 26.0. The monoisotopic (exact) mass is 317 g/mol. The number of amides is 2. The Balaban J connectivity index is 1.99. The van der Waals surface area contributed by atoms with E-state index in [0.717, 1.165) is 5.82 Å². The largest absolute Gasteiger partial charge is 0.337 e. The topological polar surface area (TPSA) is 65.3 Å². The highest BCUT2D eigenvalue weighted by Gasteiger charge is 2.54. The SMILES string of the molecule is CNC(C)C(=O)NC1C(=O)N2CC(C)(C)c3ccc[n+](c32)C1C. The van der Waals surface area contributed by atoms with Gasteiger partial charge in [0.25, 0.3) is 5.82 Å². The van der Waals surface area contributed by atoms with Gasteiger partial charge in [-0.3, -0.25) is 4.79 Å². The summed E-state index contributed by atoms with van der Waals surface area (Å²) < 4.78 is 2.11. The van der Waals surface area contributed by atoms with E-state index >= 15 is 0 Å². The number of likely N-dealkylation sites (N-methyl/N-ethyl adjacent to an activating group) is 1. The molecule has 0 bridgehead atoms. The van der Waals surface area contributed by atoms with E-state index in [-0.39, 0.29) is 29.3 Å². The second-order valence-corrected chi connectivity index (χ2v) is 7.20. The second-order valence-electron chi connectivity index (χ2n) is 7.20. The fraction of sp³-hybridized carbons (Fsp3) is 0.588. The van der Waals surface area contributed by atoms with E-state index in [0.29, 0.717) is 6.54 Å². The van der Waals surface area contributed by atoms with Gasteiger partial charge in [0.2, 0.25) is 5.91 Å². The predicted molar refractivity (Wildman–Crippen MR) is 87.2 cm³/mol. The molecule has 124 valence electrons. The van der Waals surface area contributed by atoms with Crippen molar-refractivity contribution in [2.24, 2.45) is 0 Å². The zero-order valence-corrected chi connectivity index (χ0v) is 14.4. The summed E-state index contributed by atoms with van der Waals surface area (Å²) >= 11 is 0. The molecule has 1 aromatic heterocycles. The molecule has 1 aromatic rings. The third-order valence-corrected chi connectivity index (χ3v) is 5.11. The molecule has 3 atom stereocenters. The number of carbonyl (C=O) groups excluding carboxylic acids is 2. The Morgan fingerprint density at radius 1 is 1.48 bits per heavy atom. The average Bonchev–Trinajstić information content (AvgIpc) is 2.81. The molecule has 2 N–H and O–H groups in total. The number of anilines is 1. The molecular formula is C17H25N4O2+. The Labute approximate surface area is 136 Å². The van der Waals surface area contributed by atoms with Gasteiger partial charge in [-0.1, -0.05) is 13.8 Å². The van der Waals surface area contributed by atoms with Crippen LogP contribution in [0, 0.1) is 0 Å².